The molecule has 1 atom stereocenters. The Hall–Kier alpha value is -1.86. The number of fused-ring (bicyclic) bond motifs is 5. The molecule has 0 fully saturated rings. The van der Waals surface area contributed by atoms with Crippen LogP contribution < -0.4 is 0 Å². The van der Waals surface area contributed by atoms with Crippen molar-refractivity contribution < 1.29 is 0 Å². The second kappa shape index (κ2) is 5.35. The number of aryl methyl sites for hydroxylation is 1. The molecule has 0 saturated heterocycles. The molecule has 2 aliphatic carbocycles. The molecule has 1 heterocycles. The third-order valence-corrected chi connectivity index (χ3v) is 6.41. The molecule has 114 valence electrons. The zero-order chi connectivity index (χ0) is 15.2. The van der Waals surface area contributed by atoms with Crippen molar-refractivity contribution in [3.8, 4) is 11.1 Å². The highest BCUT2D eigenvalue weighted by Gasteiger charge is 2.26. The van der Waals surface area contributed by atoms with Crippen LogP contribution in [-0.2, 0) is 25.7 Å². The maximum absolute atomic E-state index is 2.41. The first-order valence-corrected chi connectivity index (χ1v) is 9.58. The molecule has 0 bridgehead atoms. The number of rotatable bonds is 1. The number of thiophene rings is 1. The van der Waals surface area contributed by atoms with Gasteiger partial charge in [0.05, 0.1) is 0 Å². The van der Waals surface area contributed by atoms with Crippen molar-refractivity contribution >= 4 is 11.3 Å². The lowest BCUT2D eigenvalue weighted by Gasteiger charge is -2.30. The molecule has 0 nitrogen and oxygen atoms in total. The second-order valence-electron chi connectivity index (χ2n) is 6.88. The third-order valence-electron chi connectivity index (χ3n) is 5.70. The Labute approximate surface area is 141 Å². The van der Waals surface area contributed by atoms with E-state index in [1.165, 1.54) is 48.8 Å². The molecule has 3 aromatic rings. The van der Waals surface area contributed by atoms with Crippen molar-refractivity contribution in [2.75, 3.05) is 0 Å². The van der Waals surface area contributed by atoms with Gasteiger partial charge < -0.3 is 0 Å². The van der Waals surface area contributed by atoms with Gasteiger partial charge in [-0.3, -0.25) is 0 Å². The summed E-state index contributed by atoms with van der Waals surface area (Å²) in [5.74, 6) is 0.725. The van der Waals surface area contributed by atoms with E-state index in [9.17, 15) is 0 Å². The Balaban J connectivity index is 1.57. The monoisotopic (exact) mass is 316 g/mol. The van der Waals surface area contributed by atoms with Gasteiger partial charge in [0, 0.05) is 0 Å². The van der Waals surface area contributed by atoms with Gasteiger partial charge in [-0.2, -0.15) is 11.3 Å². The Morgan fingerprint density at radius 1 is 0.783 bits per heavy atom. The minimum atomic E-state index is 0.725. The summed E-state index contributed by atoms with van der Waals surface area (Å²) in [4.78, 5) is 0. The second-order valence-corrected chi connectivity index (χ2v) is 7.66. The predicted octanol–water partition coefficient (Wildman–Crippen LogP) is 5.79. The van der Waals surface area contributed by atoms with Gasteiger partial charge in [-0.25, -0.2) is 0 Å². The standard InChI is InChI=1S/C22H20S/c1-2-4-19-15(3-1)5-9-22-20-8-6-16(18-11-12-23-14-18)13-17(20)7-10-21(19)22/h1-4,7,10-12,14,16H,5-6,8-9,13H2. The number of benzene rings is 2. The first-order valence-electron chi connectivity index (χ1n) is 8.64. The zero-order valence-electron chi connectivity index (χ0n) is 13.2. The highest BCUT2D eigenvalue weighted by Crippen LogP contribution is 2.41. The zero-order valence-corrected chi connectivity index (χ0v) is 14.0. The van der Waals surface area contributed by atoms with Gasteiger partial charge in [0.2, 0.25) is 0 Å². The van der Waals surface area contributed by atoms with Gasteiger partial charge in [0.25, 0.3) is 0 Å². The summed E-state index contributed by atoms with van der Waals surface area (Å²) in [6.07, 6.45) is 6.20. The summed E-state index contributed by atoms with van der Waals surface area (Å²) in [6, 6.07) is 16.1. The van der Waals surface area contributed by atoms with Crippen LogP contribution in [0.15, 0.2) is 53.2 Å². The van der Waals surface area contributed by atoms with Crippen LogP contribution >= 0.6 is 11.3 Å². The molecule has 5 rings (SSSR count). The summed E-state index contributed by atoms with van der Waals surface area (Å²) in [6.45, 7) is 0. The van der Waals surface area contributed by atoms with Crippen LogP contribution in [-0.4, -0.2) is 0 Å². The smallest absolute Gasteiger partial charge is 0.00583 e. The van der Waals surface area contributed by atoms with Crippen LogP contribution in [0.3, 0.4) is 0 Å². The van der Waals surface area contributed by atoms with Gasteiger partial charge in [-0.1, -0.05) is 36.4 Å². The van der Waals surface area contributed by atoms with E-state index < -0.39 is 0 Å². The van der Waals surface area contributed by atoms with Crippen molar-refractivity contribution in [2.45, 2.75) is 38.0 Å². The minimum absolute atomic E-state index is 0.725. The lowest BCUT2D eigenvalue weighted by molar-refractivity contribution is 0.582. The molecule has 0 spiro atoms. The van der Waals surface area contributed by atoms with E-state index in [4.69, 9.17) is 0 Å². The molecule has 0 aliphatic heterocycles. The highest BCUT2D eigenvalue weighted by molar-refractivity contribution is 7.07. The van der Waals surface area contributed by atoms with E-state index in [2.05, 4.69) is 53.2 Å². The van der Waals surface area contributed by atoms with Crippen LogP contribution in [0.2, 0.25) is 0 Å². The average Bonchev–Trinajstić information content (AvgIpc) is 3.15. The first kappa shape index (κ1) is 13.6. The summed E-state index contributed by atoms with van der Waals surface area (Å²) >= 11 is 1.83. The first-order chi connectivity index (χ1) is 11.4. The van der Waals surface area contributed by atoms with Crippen LogP contribution in [0.5, 0.6) is 0 Å². The molecule has 0 N–H and O–H groups in total. The predicted molar refractivity (Wildman–Crippen MR) is 98.4 cm³/mol. The molecule has 0 saturated carbocycles. The van der Waals surface area contributed by atoms with Gasteiger partial charge in [-0.05, 0) is 93.8 Å². The van der Waals surface area contributed by atoms with E-state index in [0.717, 1.165) is 5.92 Å². The van der Waals surface area contributed by atoms with Crippen LogP contribution in [0.25, 0.3) is 11.1 Å². The molecule has 1 heteroatoms. The Kier molecular flexibility index (Phi) is 3.16. The normalized spacial score (nSPS) is 18.9. The fourth-order valence-corrected chi connectivity index (χ4v) is 5.26. The van der Waals surface area contributed by atoms with Crippen LogP contribution in [0.1, 0.15) is 40.2 Å². The van der Waals surface area contributed by atoms with E-state index in [0.29, 0.717) is 0 Å². The Morgan fingerprint density at radius 3 is 2.65 bits per heavy atom. The molecule has 0 amide bonds. The number of hydrogen-bond donors (Lipinski definition) is 0. The maximum Gasteiger partial charge on any atom is -0.00583 e. The molecular formula is C22H20S. The summed E-state index contributed by atoms with van der Waals surface area (Å²) in [5.41, 5.74) is 10.9. The van der Waals surface area contributed by atoms with Crippen molar-refractivity contribution in [3.63, 3.8) is 0 Å². The topological polar surface area (TPSA) is 0 Å². The molecule has 1 unspecified atom stereocenters. The van der Waals surface area contributed by atoms with Crippen molar-refractivity contribution in [1.29, 1.82) is 0 Å². The van der Waals surface area contributed by atoms with Crippen molar-refractivity contribution in [3.05, 3.63) is 81.0 Å². The third kappa shape index (κ3) is 2.18. The summed E-state index contributed by atoms with van der Waals surface area (Å²) in [7, 11) is 0. The van der Waals surface area contributed by atoms with Crippen LogP contribution in [0, 0.1) is 0 Å². The van der Waals surface area contributed by atoms with E-state index in [-0.39, 0.29) is 0 Å². The van der Waals surface area contributed by atoms with Gasteiger partial charge >= 0.3 is 0 Å². The van der Waals surface area contributed by atoms with Gasteiger partial charge in [0.1, 0.15) is 0 Å². The Bertz CT molecular complexity index is 858. The fourth-order valence-electron chi connectivity index (χ4n) is 4.52. The van der Waals surface area contributed by atoms with Gasteiger partial charge in [-0.15, -0.1) is 0 Å². The maximum atomic E-state index is 2.41. The lowest BCUT2D eigenvalue weighted by Crippen LogP contribution is -2.16. The molecule has 0 radical (unpaired) electrons. The lowest BCUT2D eigenvalue weighted by atomic mass is 9.74. The van der Waals surface area contributed by atoms with Crippen molar-refractivity contribution in [2.24, 2.45) is 0 Å². The molecule has 2 aromatic carbocycles. The van der Waals surface area contributed by atoms with Crippen molar-refractivity contribution in [1.82, 2.24) is 0 Å². The molecular weight excluding hydrogens is 296 g/mol. The molecule has 23 heavy (non-hydrogen) atoms. The SMILES string of the molecule is c1ccc2c(c1)CCc1c-2ccc2c1CCC(c1ccsc1)C2. The summed E-state index contributed by atoms with van der Waals surface area (Å²) < 4.78 is 0. The Morgan fingerprint density at radius 2 is 1.74 bits per heavy atom. The quantitative estimate of drug-likeness (QED) is 0.533. The average molecular weight is 316 g/mol. The minimum Gasteiger partial charge on any atom is -0.152 e. The summed E-state index contributed by atoms with van der Waals surface area (Å²) in [5, 5.41) is 4.55. The highest BCUT2D eigenvalue weighted by atomic mass is 32.1. The fraction of sp³-hybridized carbons (Fsp3) is 0.273. The number of hydrogen-bond acceptors (Lipinski definition) is 1. The molecule has 2 aliphatic rings. The van der Waals surface area contributed by atoms with E-state index in [1.54, 1.807) is 22.3 Å². The van der Waals surface area contributed by atoms with E-state index in [1.807, 2.05) is 11.3 Å². The van der Waals surface area contributed by atoms with E-state index >= 15 is 0 Å². The largest absolute Gasteiger partial charge is 0.152 e. The van der Waals surface area contributed by atoms with Gasteiger partial charge in [0.15, 0.2) is 0 Å². The molecule has 1 aromatic heterocycles. The van der Waals surface area contributed by atoms with Crippen LogP contribution in [0.4, 0.5) is 0 Å².